The maximum atomic E-state index is 13.0. The van der Waals surface area contributed by atoms with Crippen molar-refractivity contribution in [3.8, 4) is 5.75 Å². The number of nitrogens with one attached hydrogen (secondary N) is 2. The lowest BCUT2D eigenvalue weighted by molar-refractivity contribution is -0.145. The van der Waals surface area contributed by atoms with Crippen LogP contribution in [0.5, 0.6) is 5.75 Å². The standard InChI is InChI=1S/C24H36N4O7/c1-4-13(2)19(24(34)35)26-22(32)20(14(3)29)27-21(31)18-6-5-11-28(18)23(33)17(25)12-15-7-9-16(30)10-8-15/h7-10,13-14,17-20,29-30H,4-6,11-12,25H2,1-3H3,(H,26,32)(H,27,31)(H,34,35). The monoisotopic (exact) mass is 492 g/mol. The maximum absolute atomic E-state index is 13.0. The molecule has 0 aliphatic carbocycles. The number of hydrogen-bond acceptors (Lipinski definition) is 7. The number of nitrogens with zero attached hydrogens (tertiary/aromatic N) is 1. The molecule has 194 valence electrons. The Morgan fingerprint density at radius 3 is 2.29 bits per heavy atom. The molecule has 1 aromatic carbocycles. The molecule has 1 fully saturated rings. The Hall–Kier alpha value is -3.18. The first kappa shape index (κ1) is 28.1. The lowest BCUT2D eigenvalue weighted by atomic mass is 9.98. The summed E-state index contributed by atoms with van der Waals surface area (Å²) in [5, 5.41) is 33.8. The SMILES string of the molecule is CCC(C)C(NC(=O)C(NC(=O)C1CCCN1C(=O)C(N)Cc1ccc(O)cc1)C(C)O)C(=O)O. The number of aromatic hydroxyl groups is 1. The lowest BCUT2D eigenvalue weighted by Crippen LogP contribution is -2.60. The van der Waals surface area contributed by atoms with E-state index in [-0.39, 0.29) is 18.1 Å². The smallest absolute Gasteiger partial charge is 0.326 e. The topological polar surface area (TPSA) is 182 Å². The largest absolute Gasteiger partial charge is 0.508 e. The first-order valence-corrected chi connectivity index (χ1v) is 11.8. The van der Waals surface area contributed by atoms with E-state index >= 15 is 0 Å². The van der Waals surface area contributed by atoms with Crippen molar-refractivity contribution in [1.82, 2.24) is 15.5 Å². The number of hydrogen-bond donors (Lipinski definition) is 6. The summed E-state index contributed by atoms with van der Waals surface area (Å²) in [4.78, 5) is 51.7. The number of carbonyl (C=O) groups is 4. The van der Waals surface area contributed by atoms with Crippen LogP contribution in [-0.4, -0.2) is 80.7 Å². The van der Waals surface area contributed by atoms with Gasteiger partial charge >= 0.3 is 5.97 Å². The van der Waals surface area contributed by atoms with Crippen molar-refractivity contribution in [3.05, 3.63) is 29.8 Å². The van der Waals surface area contributed by atoms with Crippen LogP contribution in [0.2, 0.25) is 0 Å². The Morgan fingerprint density at radius 1 is 1.11 bits per heavy atom. The van der Waals surface area contributed by atoms with Crippen LogP contribution in [0.15, 0.2) is 24.3 Å². The van der Waals surface area contributed by atoms with Crippen LogP contribution in [0.4, 0.5) is 0 Å². The average Bonchev–Trinajstić information content (AvgIpc) is 3.30. The molecule has 1 saturated heterocycles. The second-order valence-corrected chi connectivity index (χ2v) is 9.10. The summed E-state index contributed by atoms with van der Waals surface area (Å²) in [5.74, 6) is -3.33. The number of rotatable bonds is 11. The number of carboxylic acid groups (broad SMARTS) is 1. The number of benzene rings is 1. The van der Waals surface area contributed by atoms with Crippen LogP contribution in [0, 0.1) is 5.92 Å². The summed E-state index contributed by atoms with van der Waals surface area (Å²) >= 11 is 0. The lowest BCUT2D eigenvalue weighted by Gasteiger charge is -2.30. The van der Waals surface area contributed by atoms with Crippen LogP contribution < -0.4 is 16.4 Å². The van der Waals surface area contributed by atoms with Gasteiger partial charge in [-0.15, -0.1) is 0 Å². The number of aliphatic hydroxyl groups excluding tert-OH is 1. The zero-order chi connectivity index (χ0) is 26.3. The third kappa shape index (κ3) is 7.40. The Labute approximate surface area is 204 Å². The molecule has 11 nitrogen and oxygen atoms in total. The van der Waals surface area contributed by atoms with Crippen LogP contribution in [0.25, 0.3) is 0 Å². The minimum absolute atomic E-state index is 0.0976. The van der Waals surface area contributed by atoms with Gasteiger partial charge in [-0.2, -0.15) is 0 Å². The summed E-state index contributed by atoms with van der Waals surface area (Å²) in [7, 11) is 0. The van der Waals surface area contributed by atoms with E-state index in [1.165, 1.54) is 24.0 Å². The highest BCUT2D eigenvalue weighted by Gasteiger charge is 2.39. The predicted molar refractivity (Wildman–Crippen MR) is 127 cm³/mol. The van der Waals surface area contributed by atoms with Crippen molar-refractivity contribution in [1.29, 1.82) is 0 Å². The zero-order valence-corrected chi connectivity index (χ0v) is 20.3. The quantitative estimate of drug-likeness (QED) is 0.244. The molecule has 0 radical (unpaired) electrons. The Balaban J connectivity index is 2.07. The summed E-state index contributed by atoms with van der Waals surface area (Å²) in [6, 6.07) is 1.97. The summed E-state index contributed by atoms with van der Waals surface area (Å²) < 4.78 is 0. The molecular formula is C24H36N4O7. The van der Waals surface area contributed by atoms with Gasteiger partial charge in [0.25, 0.3) is 0 Å². The minimum Gasteiger partial charge on any atom is -0.508 e. The molecular weight excluding hydrogens is 456 g/mol. The maximum Gasteiger partial charge on any atom is 0.326 e. The number of nitrogens with two attached hydrogens (primary N) is 1. The van der Waals surface area contributed by atoms with Crippen molar-refractivity contribution < 1.29 is 34.5 Å². The molecule has 35 heavy (non-hydrogen) atoms. The molecule has 0 saturated carbocycles. The molecule has 0 aromatic heterocycles. The van der Waals surface area contributed by atoms with Gasteiger partial charge in [0.05, 0.1) is 12.1 Å². The Bertz CT molecular complexity index is 906. The van der Waals surface area contributed by atoms with Crippen molar-refractivity contribution in [2.45, 2.75) is 76.7 Å². The first-order valence-electron chi connectivity index (χ1n) is 11.8. The Kier molecular flexibility index (Phi) is 10.0. The van der Waals surface area contributed by atoms with Crippen LogP contribution in [0.3, 0.4) is 0 Å². The van der Waals surface area contributed by atoms with E-state index in [9.17, 15) is 34.5 Å². The van der Waals surface area contributed by atoms with Gasteiger partial charge in [-0.05, 0) is 49.8 Å². The van der Waals surface area contributed by atoms with Gasteiger partial charge in [0.15, 0.2) is 0 Å². The van der Waals surface area contributed by atoms with Crippen molar-refractivity contribution in [2.75, 3.05) is 6.54 Å². The summed E-state index contributed by atoms with van der Waals surface area (Å²) in [5.41, 5.74) is 6.86. The number of aliphatic carboxylic acids is 1. The van der Waals surface area contributed by atoms with E-state index in [0.717, 1.165) is 5.56 Å². The fraction of sp³-hybridized carbons (Fsp3) is 0.583. The van der Waals surface area contributed by atoms with Gasteiger partial charge < -0.3 is 36.6 Å². The second-order valence-electron chi connectivity index (χ2n) is 9.10. The number of likely N-dealkylation sites (tertiary alicyclic amines) is 1. The molecule has 0 bridgehead atoms. The van der Waals surface area contributed by atoms with E-state index in [2.05, 4.69) is 10.6 Å². The summed E-state index contributed by atoms with van der Waals surface area (Å²) in [6.07, 6.45) is 0.354. The van der Waals surface area contributed by atoms with E-state index in [4.69, 9.17) is 5.73 Å². The van der Waals surface area contributed by atoms with E-state index in [1.54, 1.807) is 26.0 Å². The Morgan fingerprint density at radius 2 is 1.74 bits per heavy atom. The van der Waals surface area contributed by atoms with Gasteiger partial charge in [0.1, 0.15) is 23.9 Å². The normalized spacial score (nSPS) is 19.8. The van der Waals surface area contributed by atoms with Crippen molar-refractivity contribution >= 4 is 23.7 Å². The predicted octanol–water partition coefficient (Wildman–Crippen LogP) is -0.266. The van der Waals surface area contributed by atoms with E-state index in [1.807, 2.05) is 0 Å². The van der Waals surface area contributed by atoms with Crippen molar-refractivity contribution in [3.63, 3.8) is 0 Å². The van der Waals surface area contributed by atoms with Crippen LogP contribution in [0.1, 0.15) is 45.6 Å². The fourth-order valence-electron chi connectivity index (χ4n) is 4.07. The molecule has 11 heteroatoms. The molecule has 1 heterocycles. The average molecular weight is 493 g/mol. The first-order chi connectivity index (χ1) is 16.5. The van der Waals surface area contributed by atoms with Crippen LogP contribution in [-0.2, 0) is 25.6 Å². The number of aliphatic hydroxyl groups is 1. The molecule has 6 atom stereocenters. The minimum atomic E-state index is -1.39. The second kappa shape index (κ2) is 12.5. The van der Waals surface area contributed by atoms with Gasteiger partial charge in [-0.1, -0.05) is 32.4 Å². The molecule has 0 spiro atoms. The van der Waals surface area contributed by atoms with Crippen molar-refractivity contribution in [2.24, 2.45) is 11.7 Å². The molecule has 1 aromatic rings. The van der Waals surface area contributed by atoms with Gasteiger partial charge in [0, 0.05) is 6.54 Å². The fourth-order valence-corrected chi connectivity index (χ4v) is 4.07. The van der Waals surface area contributed by atoms with Gasteiger partial charge in [-0.25, -0.2) is 4.79 Å². The molecule has 1 aliphatic rings. The molecule has 2 rings (SSSR count). The number of phenols is 1. The number of carboxylic acids is 1. The van der Waals surface area contributed by atoms with Gasteiger partial charge in [-0.3, -0.25) is 14.4 Å². The van der Waals surface area contributed by atoms with Gasteiger partial charge in [0.2, 0.25) is 17.7 Å². The molecule has 3 amide bonds. The van der Waals surface area contributed by atoms with Crippen LogP contribution >= 0.6 is 0 Å². The number of carbonyl (C=O) groups excluding carboxylic acids is 3. The highest BCUT2D eigenvalue weighted by atomic mass is 16.4. The van der Waals surface area contributed by atoms with E-state index in [0.29, 0.717) is 25.8 Å². The zero-order valence-electron chi connectivity index (χ0n) is 20.3. The highest BCUT2D eigenvalue weighted by Crippen LogP contribution is 2.20. The molecule has 1 aliphatic heterocycles. The highest BCUT2D eigenvalue weighted by molar-refractivity contribution is 5.94. The summed E-state index contributed by atoms with van der Waals surface area (Å²) in [6.45, 7) is 5.10. The molecule has 7 N–H and O–H groups in total. The number of phenolic OH excluding ortho intramolecular Hbond substituents is 1. The number of amides is 3. The third-order valence-corrected chi connectivity index (χ3v) is 6.39. The third-order valence-electron chi connectivity index (χ3n) is 6.39. The molecule has 6 unspecified atom stereocenters. The van der Waals surface area contributed by atoms with E-state index < -0.39 is 54.0 Å².